The fraction of sp³-hybridized carbons (Fsp3) is 0.385. The SMILES string of the molecule is COCc1cccc(-c2nc(C)c(CN(C)C3CCCc4ccccc43)c(OC)n2)c1. The molecule has 0 fully saturated rings. The average molecular weight is 418 g/mol. The second kappa shape index (κ2) is 9.58. The number of rotatable bonds is 7. The van der Waals surface area contributed by atoms with E-state index in [-0.39, 0.29) is 0 Å². The highest BCUT2D eigenvalue weighted by Crippen LogP contribution is 2.35. The molecule has 1 heterocycles. The predicted molar refractivity (Wildman–Crippen MR) is 123 cm³/mol. The molecule has 1 aromatic heterocycles. The molecule has 4 rings (SSSR count). The molecule has 3 aromatic rings. The Labute approximate surface area is 185 Å². The van der Waals surface area contributed by atoms with Crippen LogP contribution in [0.4, 0.5) is 0 Å². The molecular weight excluding hydrogens is 386 g/mol. The van der Waals surface area contributed by atoms with Crippen molar-refractivity contribution in [1.82, 2.24) is 14.9 Å². The van der Waals surface area contributed by atoms with Crippen molar-refractivity contribution in [2.75, 3.05) is 21.3 Å². The fourth-order valence-electron chi connectivity index (χ4n) is 4.56. The normalized spacial score (nSPS) is 15.7. The van der Waals surface area contributed by atoms with Gasteiger partial charge in [-0.2, -0.15) is 4.98 Å². The maximum absolute atomic E-state index is 5.72. The Hall–Kier alpha value is -2.76. The summed E-state index contributed by atoms with van der Waals surface area (Å²) in [6, 6.07) is 17.4. The molecule has 5 nitrogen and oxygen atoms in total. The Morgan fingerprint density at radius 2 is 1.90 bits per heavy atom. The van der Waals surface area contributed by atoms with E-state index in [9.17, 15) is 0 Å². The molecule has 1 aliphatic rings. The van der Waals surface area contributed by atoms with E-state index in [1.54, 1.807) is 14.2 Å². The number of methoxy groups -OCH3 is 2. The lowest BCUT2D eigenvalue weighted by Crippen LogP contribution is -2.28. The molecule has 0 saturated heterocycles. The van der Waals surface area contributed by atoms with Gasteiger partial charge in [0, 0.05) is 36.5 Å². The van der Waals surface area contributed by atoms with Crippen molar-refractivity contribution in [2.45, 2.75) is 45.4 Å². The summed E-state index contributed by atoms with van der Waals surface area (Å²) in [7, 11) is 5.58. The second-order valence-electron chi connectivity index (χ2n) is 8.28. The Morgan fingerprint density at radius 1 is 1.06 bits per heavy atom. The van der Waals surface area contributed by atoms with E-state index in [4.69, 9.17) is 19.4 Å². The maximum Gasteiger partial charge on any atom is 0.221 e. The van der Waals surface area contributed by atoms with Crippen molar-refractivity contribution in [3.05, 3.63) is 76.5 Å². The summed E-state index contributed by atoms with van der Waals surface area (Å²) in [5, 5.41) is 0. The first-order valence-electron chi connectivity index (χ1n) is 10.9. The molecule has 0 aliphatic heterocycles. The lowest BCUT2D eigenvalue weighted by atomic mass is 9.87. The number of aryl methyl sites for hydroxylation is 2. The highest BCUT2D eigenvalue weighted by Gasteiger charge is 2.25. The first kappa shape index (κ1) is 21.5. The molecule has 0 amide bonds. The molecule has 0 radical (unpaired) electrons. The Balaban J connectivity index is 1.62. The third-order valence-corrected chi connectivity index (χ3v) is 6.14. The molecule has 5 heteroatoms. The Bertz CT molecular complexity index is 1050. The van der Waals surface area contributed by atoms with Crippen LogP contribution in [0.25, 0.3) is 11.4 Å². The number of hydrogen-bond acceptors (Lipinski definition) is 5. The van der Waals surface area contributed by atoms with Crippen LogP contribution in [-0.4, -0.2) is 36.1 Å². The van der Waals surface area contributed by atoms with Gasteiger partial charge < -0.3 is 9.47 Å². The predicted octanol–water partition coefficient (Wildman–Crippen LogP) is 5.12. The van der Waals surface area contributed by atoms with Gasteiger partial charge >= 0.3 is 0 Å². The topological polar surface area (TPSA) is 47.5 Å². The van der Waals surface area contributed by atoms with Crippen LogP contribution in [0.3, 0.4) is 0 Å². The van der Waals surface area contributed by atoms with E-state index >= 15 is 0 Å². The van der Waals surface area contributed by atoms with Gasteiger partial charge in [-0.3, -0.25) is 4.90 Å². The van der Waals surface area contributed by atoms with Crippen LogP contribution in [0.1, 0.15) is 46.8 Å². The highest BCUT2D eigenvalue weighted by molar-refractivity contribution is 5.57. The summed E-state index contributed by atoms with van der Waals surface area (Å²) in [5.74, 6) is 1.33. The minimum absolute atomic E-state index is 0.402. The van der Waals surface area contributed by atoms with E-state index in [1.807, 2.05) is 25.1 Å². The number of ether oxygens (including phenoxy) is 2. The summed E-state index contributed by atoms with van der Waals surface area (Å²) in [6.45, 7) is 3.36. The number of fused-ring (bicyclic) bond motifs is 1. The van der Waals surface area contributed by atoms with Crippen LogP contribution in [0, 0.1) is 6.92 Å². The van der Waals surface area contributed by atoms with E-state index in [0.29, 0.717) is 24.4 Å². The number of benzene rings is 2. The number of nitrogens with zero attached hydrogens (tertiary/aromatic N) is 3. The van der Waals surface area contributed by atoms with Crippen molar-refractivity contribution in [2.24, 2.45) is 0 Å². The smallest absolute Gasteiger partial charge is 0.221 e. The van der Waals surface area contributed by atoms with Gasteiger partial charge in [-0.05, 0) is 56.0 Å². The van der Waals surface area contributed by atoms with Crippen LogP contribution in [0.5, 0.6) is 5.88 Å². The minimum atomic E-state index is 0.402. The van der Waals surface area contributed by atoms with Gasteiger partial charge in [0.25, 0.3) is 0 Å². The molecule has 0 bridgehead atoms. The molecule has 1 atom stereocenters. The lowest BCUT2D eigenvalue weighted by Gasteiger charge is -2.33. The Morgan fingerprint density at radius 3 is 2.71 bits per heavy atom. The zero-order valence-corrected chi connectivity index (χ0v) is 18.9. The molecule has 0 N–H and O–H groups in total. The molecule has 1 unspecified atom stereocenters. The molecule has 1 aliphatic carbocycles. The molecule has 31 heavy (non-hydrogen) atoms. The van der Waals surface area contributed by atoms with E-state index < -0.39 is 0 Å². The zero-order valence-electron chi connectivity index (χ0n) is 18.9. The molecule has 0 saturated carbocycles. The monoisotopic (exact) mass is 417 g/mol. The average Bonchev–Trinajstić information content (AvgIpc) is 2.80. The molecule has 162 valence electrons. The van der Waals surface area contributed by atoms with E-state index in [0.717, 1.165) is 28.9 Å². The molecular formula is C26H31N3O2. The van der Waals surface area contributed by atoms with E-state index in [1.165, 1.54) is 30.4 Å². The van der Waals surface area contributed by atoms with Crippen LogP contribution < -0.4 is 4.74 Å². The third kappa shape index (κ3) is 4.63. The summed E-state index contributed by atoms with van der Waals surface area (Å²) in [6.07, 6.45) is 3.55. The third-order valence-electron chi connectivity index (χ3n) is 6.14. The van der Waals surface area contributed by atoms with Crippen LogP contribution in [0.2, 0.25) is 0 Å². The fourth-order valence-corrected chi connectivity index (χ4v) is 4.56. The first-order valence-corrected chi connectivity index (χ1v) is 10.9. The molecule has 2 aromatic carbocycles. The van der Waals surface area contributed by atoms with Gasteiger partial charge in [0.05, 0.1) is 13.7 Å². The summed E-state index contributed by atoms with van der Waals surface area (Å²) >= 11 is 0. The van der Waals surface area contributed by atoms with Gasteiger partial charge in [-0.1, -0.05) is 42.5 Å². The summed E-state index contributed by atoms with van der Waals surface area (Å²) in [4.78, 5) is 12.0. The van der Waals surface area contributed by atoms with Crippen molar-refractivity contribution in [3.63, 3.8) is 0 Å². The largest absolute Gasteiger partial charge is 0.481 e. The van der Waals surface area contributed by atoms with Crippen LogP contribution in [0.15, 0.2) is 48.5 Å². The Kier molecular flexibility index (Phi) is 6.64. The van der Waals surface area contributed by atoms with Gasteiger partial charge in [0.1, 0.15) is 0 Å². The number of aromatic nitrogens is 2. The van der Waals surface area contributed by atoms with Crippen molar-refractivity contribution in [1.29, 1.82) is 0 Å². The van der Waals surface area contributed by atoms with Gasteiger partial charge in [0.15, 0.2) is 5.82 Å². The van der Waals surface area contributed by atoms with Crippen molar-refractivity contribution in [3.8, 4) is 17.3 Å². The minimum Gasteiger partial charge on any atom is -0.481 e. The lowest BCUT2D eigenvalue weighted by molar-refractivity contribution is 0.185. The van der Waals surface area contributed by atoms with Crippen molar-refractivity contribution < 1.29 is 9.47 Å². The maximum atomic E-state index is 5.72. The van der Waals surface area contributed by atoms with Crippen LogP contribution in [-0.2, 0) is 24.3 Å². The van der Waals surface area contributed by atoms with Gasteiger partial charge in [0.2, 0.25) is 5.88 Å². The quantitative estimate of drug-likeness (QED) is 0.534. The first-order chi connectivity index (χ1) is 15.1. The second-order valence-corrected chi connectivity index (χ2v) is 8.28. The van der Waals surface area contributed by atoms with Crippen molar-refractivity contribution >= 4 is 0 Å². The van der Waals surface area contributed by atoms with Gasteiger partial charge in [-0.25, -0.2) is 4.98 Å². The van der Waals surface area contributed by atoms with Crippen LogP contribution >= 0.6 is 0 Å². The number of hydrogen-bond donors (Lipinski definition) is 0. The standard InChI is InChI=1S/C26H31N3O2/c1-18-23(16-29(2)24-14-8-11-20-10-5-6-13-22(20)24)26(31-4)28-25(27-18)21-12-7-9-19(15-21)17-30-3/h5-7,9-10,12-13,15,24H,8,11,14,16-17H2,1-4H3. The summed E-state index contributed by atoms with van der Waals surface area (Å²) in [5.41, 5.74) is 6.98. The van der Waals surface area contributed by atoms with Gasteiger partial charge in [-0.15, -0.1) is 0 Å². The zero-order chi connectivity index (χ0) is 21.8. The highest BCUT2D eigenvalue weighted by atomic mass is 16.5. The van der Waals surface area contributed by atoms with E-state index in [2.05, 4.69) is 42.3 Å². The summed E-state index contributed by atoms with van der Waals surface area (Å²) < 4.78 is 11.0. The molecule has 0 spiro atoms.